The van der Waals surface area contributed by atoms with Gasteiger partial charge >= 0.3 is 35.8 Å². The fraction of sp³-hybridized carbons (Fsp3) is 0.156. The second-order valence-electron chi connectivity index (χ2n) is 20.1. The van der Waals surface area contributed by atoms with E-state index in [2.05, 4.69) is 97.8 Å². The smallest absolute Gasteiger partial charge is 0.335 e. The molecule has 0 aliphatic rings. The molecular weight excluding hydrogens is 1290 g/mol. The van der Waals surface area contributed by atoms with Gasteiger partial charge < -0.3 is 87.5 Å². The number of nitrogens with zero attached hydrogens (tertiary/aromatic N) is 12. The molecule has 0 saturated heterocycles. The lowest BCUT2D eigenvalue weighted by molar-refractivity contribution is 0.0676. The van der Waals surface area contributed by atoms with Gasteiger partial charge in [0, 0.05) is 56.4 Å². The molecule has 0 saturated carbocycles. The maximum atomic E-state index is 11.4. The van der Waals surface area contributed by atoms with Crippen molar-refractivity contribution in [2.45, 2.75) is 13.8 Å². The Bertz CT molecular complexity index is 4260. The molecular formula is C64H63N19O16. The van der Waals surface area contributed by atoms with E-state index >= 15 is 0 Å². The third kappa shape index (κ3) is 21.7. The van der Waals surface area contributed by atoms with Gasteiger partial charge in [0.05, 0.1) is 106 Å². The van der Waals surface area contributed by atoms with Crippen molar-refractivity contribution in [3.8, 4) is 11.5 Å². The molecule has 9 aromatic rings. The third-order valence-corrected chi connectivity index (χ3v) is 13.0. The summed E-state index contributed by atoms with van der Waals surface area (Å²) in [6.07, 6.45) is 0. The number of carboxylic acids is 6. The molecule has 0 spiro atoms. The number of benzene rings is 7. The summed E-state index contributed by atoms with van der Waals surface area (Å²) in [5.74, 6) is -5.96. The number of azo groups is 3. The van der Waals surface area contributed by atoms with Crippen molar-refractivity contribution in [2.75, 3.05) is 91.8 Å². The maximum Gasteiger partial charge on any atom is 0.335 e. The number of anilines is 10. The normalized spacial score (nSPS) is 10.7. The standard InChI is InChI=1S/C35H30N10O11.C21H21N7O5.C8H12N2/c1-55-27-15-21(42-44-23-11-17(29(47)48)9-18(12-23)30(49)50)3-5-25(27)37-34-39-33(36-7-8-46)40-35(41-34)38-26-6-4-22(16-28(26)56-2)43-45-24-13-19(31(51)52)10-20(14-24)32(53)54;1-11-7-15(25-21-24-12(2)23-20(26-21)22-5-6-29)3-4-17(11)28-27-16-9-13(18(30)31)8-14(10-16)19(32)33;1-9-7-3-5-8(10-2)6-4-7/h3-6,9-16,46H,7-8H2,1-2H3,(H,47,48)(H,49,50)(H,51,52)(H,53,54)(H3,36,37,38,39,40,41);3-4,7-10,29H,5-6H2,1-2H3,(H,30,31)(H,32,33)(H2,22,23,24,25,26);3-6,9-10H,1-2H3. The Morgan fingerprint density at radius 1 is 0.374 bits per heavy atom. The summed E-state index contributed by atoms with van der Waals surface area (Å²) < 4.78 is 11.0. The quantitative estimate of drug-likeness (QED) is 0.0203. The summed E-state index contributed by atoms with van der Waals surface area (Å²) in [5, 5.41) is 119. The summed E-state index contributed by atoms with van der Waals surface area (Å²) in [5.41, 5.74) is 4.20. The van der Waals surface area contributed by atoms with Crippen LogP contribution in [-0.2, 0) is 0 Å². The van der Waals surface area contributed by atoms with E-state index in [9.17, 15) is 64.5 Å². The van der Waals surface area contributed by atoms with Crippen LogP contribution in [0.1, 0.15) is 73.5 Å². The molecule has 2 aromatic heterocycles. The van der Waals surface area contributed by atoms with Gasteiger partial charge in [0.25, 0.3) is 0 Å². The van der Waals surface area contributed by atoms with Crippen LogP contribution in [0.4, 0.5) is 92.3 Å². The van der Waals surface area contributed by atoms with Gasteiger partial charge in [0.15, 0.2) is 0 Å². The highest BCUT2D eigenvalue weighted by atomic mass is 16.5. The predicted octanol–water partition coefficient (Wildman–Crippen LogP) is 11.6. The molecule has 0 aliphatic carbocycles. The van der Waals surface area contributed by atoms with Crippen molar-refractivity contribution < 1.29 is 79.1 Å². The van der Waals surface area contributed by atoms with Crippen LogP contribution in [0.3, 0.4) is 0 Å². The molecule has 0 radical (unpaired) electrons. The number of aromatic carboxylic acids is 6. The van der Waals surface area contributed by atoms with Crippen molar-refractivity contribution in [1.82, 2.24) is 29.9 Å². The Morgan fingerprint density at radius 2 is 0.697 bits per heavy atom. The largest absolute Gasteiger partial charge is 0.494 e. The number of nitrogens with one attached hydrogen (secondary N) is 7. The molecule has 0 bridgehead atoms. The zero-order valence-corrected chi connectivity index (χ0v) is 53.2. The highest BCUT2D eigenvalue weighted by Crippen LogP contribution is 2.36. The van der Waals surface area contributed by atoms with Crippen LogP contribution < -0.4 is 46.7 Å². The molecule has 0 fully saturated rings. The minimum atomic E-state index is -1.33. The molecule has 15 N–H and O–H groups in total. The number of aliphatic hydroxyl groups is 2. The van der Waals surface area contributed by atoms with E-state index in [1.165, 1.54) is 62.8 Å². The first kappa shape index (κ1) is 72.7. The summed E-state index contributed by atoms with van der Waals surface area (Å²) in [6.45, 7) is 3.68. The van der Waals surface area contributed by atoms with E-state index in [0.717, 1.165) is 35.1 Å². The highest BCUT2D eigenvalue weighted by molar-refractivity contribution is 5.97. The van der Waals surface area contributed by atoms with E-state index in [4.69, 9.17) is 14.6 Å². The number of aliphatic hydroxyl groups excluding tert-OH is 2. The number of hydrogen-bond acceptors (Lipinski definition) is 29. The number of ether oxygens (including phenoxy) is 2. The van der Waals surface area contributed by atoms with E-state index < -0.39 is 35.8 Å². The predicted molar refractivity (Wildman–Crippen MR) is 362 cm³/mol. The zero-order valence-electron chi connectivity index (χ0n) is 53.2. The molecule has 0 atom stereocenters. The van der Waals surface area contributed by atoms with Crippen molar-refractivity contribution >= 4 is 128 Å². The van der Waals surface area contributed by atoms with Crippen LogP contribution in [0, 0.1) is 13.8 Å². The Balaban J connectivity index is 0.000000267. The van der Waals surface area contributed by atoms with Gasteiger partial charge in [-0.15, -0.1) is 0 Å². The van der Waals surface area contributed by atoms with E-state index in [1.54, 1.807) is 49.4 Å². The number of aromatic nitrogens is 6. The number of rotatable bonds is 28. The lowest BCUT2D eigenvalue weighted by Crippen LogP contribution is -2.12. The van der Waals surface area contributed by atoms with Gasteiger partial charge in [-0.3, -0.25) is 0 Å². The molecule has 99 heavy (non-hydrogen) atoms. The van der Waals surface area contributed by atoms with Gasteiger partial charge in [0.2, 0.25) is 29.7 Å². The van der Waals surface area contributed by atoms with Crippen molar-refractivity contribution in [3.05, 3.63) is 178 Å². The lowest BCUT2D eigenvalue weighted by atomic mass is 10.1. The Labute approximate surface area is 561 Å². The third-order valence-electron chi connectivity index (χ3n) is 13.0. The average Bonchev–Trinajstić information content (AvgIpc) is 1.10. The number of aryl methyl sites for hydroxylation is 2. The molecule has 35 heteroatoms. The summed E-state index contributed by atoms with van der Waals surface area (Å²) in [6, 6.07) is 32.9. The molecule has 0 amide bonds. The molecule has 510 valence electrons. The van der Waals surface area contributed by atoms with Crippen LogP contribution in [0.5, 0.6) is 11.5 Å². The van der Waals surface area contributed by atoms with Crippen LogP contribution in [0.15, 0.2) is 164 Å². The van der Waals surface area contributed by atoms with Gasteiger partial charge in [-0.2, -0.15) is 60.6 Å². The first-order valence-corrected chi connectivity index (χ1v) is 29.0. The Hall–Kier alpha value is -13.7. The second-order valence-corrected chi connectivity index (χ2v) is 20.1. The van der Waals surface area contributed by atoms with Crippen LogP contribution in [0.2, 0.25) is 0 Å². The number of carbonyl (C=O) groups is 6. The first-order chi connectivity index (χ1) is 47.5. The topological polar surface area (TPSA) is 518 Å². The minimum absolute atomic E-state index is 0.00611. The molecule has 0 unspecified atom stereocenters. The zero-order chi connectivity index (χ0) is 71.7. The SMILES string of the molecule is CNc1ccc(NC)cc1.COc1cc(N=Nc2cc(C(=O)O)cc(C(=O)O)c2)ccc1Nc1nc(NCCO)nc(Nc2ccc(N=Nc3cc(C(=O)O)cc(C(=O)O)c3)cc2OC)n1.Cc1nc(NCCO)nc(Nc2ccc(N=Nc3cc(C(=O)O)cc(C(=O)O)c3)c(C)c2)n1. The van der Waals surface area contributed by atoms with Crippen LogP contribution in [-0.4, -0.2) is 161 Å². The number of hydrogen-bond donors (Lipinski definition) is 15. The molecule has 7 aromatic carbocycles. The fourth-order valence-corrected chi connectivity index (χ4v) is 8.32. The lowest BCUT2D eigenvalue weighted by Gasteiger charge is -2.14. The molecule has 0 aliphatic heterocycles. The van der Waals surface area contributed by atoms with E-state index in [-0.39, 0.29) is 111 Å². The number of methoxy groups -OCH3 is 2. The Morgan fingerprint density at radius 3 is 1.04 bits per heavy atom. The summed E-state index contributed by atoms with van der Waals surface area (Å²) in [4.78, 5) is 94.0. The van der Waals surface area contributed by atoms with Gasteiger partial charge in [-0.1, -0.05) is 0 Å². The van der Waals surface area contributed by atoms with Gasteiger partial charge in [-0.25, -0.2) is 28.8 Å². The first-order valence-electron chi connectivity index (χ1n) is 29.0. The van der Waals surface area contributed by atoms with E-state index in [0.29, 0.717) is 47.0 Å². The fourth-order valence-electron chi connectivity index (χ4n) is 8.32. The highest BCUT2D eigenvalue weighted by Gasteiger charge is 2.18. The minimum Gasteiger partial charge on any atom is -0.494 e. The maximum absolute atomic E-state index is 11.4. The summed E-state index contributed by atoms with van der Waals surface area (Å²) >= 11 is 0. The second kappa shape index (κ2) is 35.0. The molecule has 35 nitrogen and oxygen atoms in total. The van der Waals surface area contributed by atoms with Crippen LogP contribution in [0.25, 0.3) is 0 Å². The van der Waals surface area contributed by atoms with Gasteiger partial charge in [-0.05, 0) is 141 Å². The Kier molecular flexibility index (Phi) is 25.7. The average molecular weight is 1350 g/mol. The monoisotopic (exact) mass is 1350 g/mol. The van der Waals surface area contributed by atoms with E-state index in [1.807, 2.05) is 45.3 Å². The van der Waals surface area contributed by atoms with Crippen molar-refractivity contribution in [2.24, 2.45) is 30.7 Å². The molecule has 9 rings (SSSR count). The van der Waals surface area contributed by atoms with Crippen molar-refractivity contribution in [1.29, 1.82) is 0 Å². The summed E-state index contributed by atoms with van der Waals surface area (Å²) in [7, 11) is 6.63. The van der Waals surface area contributed by atoms with Crippen molar-refractivity contribution in [3.63, 3.8) is 0 Å². The van der Waals surface area contributed by atoms with Crippen LogP contribution >= 0.6 is 0 Å². The molecule has 2 heterocycles. The number of carboxylic acid groups (broad SMARTS) is 6. The van der Waals surface area contributed by atoms with Gasteiger partial charge in [0.1, 0.15) is 17.3 Å².